The second kappa shape index (κ2) is 7.04. The SMILES string of the molecule is Cc1cc(C(=O)CN2C(=O)CC3(CCCCC3)C2=O)c(C)n1-c1ccccc1. The maximum Gasteiger partial charge on any atom is 0.236 e. The second-order valence-corrected chi connectivity index (χ2v) is 8.18. The normalized spacial score (nSPS) is 18.9. The number of likely N-dealkylation sites (tertiary alicyclic amines) is 1. The van der Waals surface area contributed by atoms with Crippen LogP contribution in [-0.2, 0) is 9.59 Å². The summed E-state index contributed by atoms with van der Waals surface area (Å²) in [7, 11) is 0. The van der Waals surface area contributed by atoms with Crippen LogP contribution in [-0.4, -0.2) is 33.6 Å². The Morgan fingerprint density at radius 2 is 1.71 bits per heavy atom. The number of carbonyl (C=O) groups excluding carboxylic acids is 3. The number of benzene rings is 1. The average molecular weight is 378 g/mol. The Morgan fingerprint density at radius 3 is 2.39 bits per heavy atom. The van der Waals surface area contributed by atoms with Gasteiger partial charge in [0.25, 0.3) is 0 Å². The van der Waals surface area contributed by atoms with Crippen molar-refractivity contribution in [2.75, 3.05) is 6.54 Å². The number of rotatable bonds is 4. The summed E-state index contributed by atoms with van der Waals surface area (Å²) in [5, 5.41) is 0. The minimum Gasteiger partial charge on any atom is -0.318 e. The van der Waals surface area contributed by atoms with E-state index in [9.17, 15) is 14.4 Å². The summed E-state index contributed by atoms with van der Waals surface area (Å²) in [4.78, 5) is 39.8. The van der Waals surface area contributed by atoms with Crippen LogP contribution in [0.3, 0.4) is 0 Å². The van der Waals surface area contributed by atoms with Gasteiger partial charge in [-0.05, 0) is 44.9 Å². The van der Waals surface area contributed by atoms with Crippen molar-refractivity contribution in [3.8, 4) is 5.69 Å². The number of para-hydroxylation sites is 1. The van der Waals surface area contributed by atoms with Gasteiger partial charge < -0.3 is 4.57 Å². The van der Waals surface area contributed by atoms with Crippen molar-refractivity contribution in [2.24, 2.45) is 5.41 Å². The van der Waals surface area contributed by atoms with Gasteiger partial charge in [-0.1, -0.05) is 37.5 Å². The predicted molar refractivity (Wildman–Crippen MR) is 106 cm³/mol. The van der Waals surface area contributed by atoms with Gasteiger partial charge in [-0.15, -0.1) is 0 Å². The maximum atomic E-state index is 13.0. The molecule has 1 aromatic carbocycles. The first-order valence-corrected chi connectivity index (χ1v) is 10.1. The number of hydrogen-bond donors (Lipinski definition) is 0. The third kappa shape index (κ3) is 2.99. The van der Waals surface area contributed by atoms with E-state index in [0.29, 0.717) is 5.56 Å². The number of carbonyl (C=O) groups is 3. The molecule has 2 aliphatic rings. The van der Waals surface area contributed by atoms with E-state index in [1.807, 2.05) is 54.8 Å². The highest BCUT2D eigenvalue weighted by Crippen LogP contribution is 2.45. The summed E-state index contributed by atoms with van der Waals surface area (Å²) in [5.74, 6) is -0.510. The number of aromatic nitrogens is 1. The van der Waals surface area contributed by atoms with Crippen LogP contribution in [0.25, 0.3) is 5.69 Å². The first-order valence-electron chi connectivity index (χ1n) is 10.1. The van der Waals surface area contributed by atoms with Crippen LogP contribution >= 0.6 is 0 Å². The molecule has 0 atom stereocenters. The van der Waals surface area contributed by atoms with Crippen LogP contribution in [0.1, 0.15) is 60.3 Å². The Kier molecular flexibility index (Phi) is 4.69. The monoisotopic (exact) mass is 378 g/mol. The lowest BCUT2D eigenvalue weighted by Crippen LogP contribution is -2.39. The largest absolute Gasteiger partial charge is 0.318 e. The molecule has 1 aliphatic carbocycles. The molecule has 28 heavy (non-hydrogen) atoms. The molecule has 2 heterocycles. The van der Waals surface area contributed by atoms with Crippen molar-refractivity contribution in [3.05, 3.63) is 53.3 Å². The number of aryl methyl sites for hydroxylation is 1. The minimum absolute atomic E-state index is 0.137. The zero-order valence-electron chi connectivity index (χ0n) is 16.5. The third-order valence-electron chi connectivity index (χ3n) is 6.35. The zero-order valence-corrected chi connectivity index (χ0v) is 16.5. The first-order chi connectivity index (χ1) is 13.4. The van der Waals surface area contributed by atoms with E-state index in [-0.39, 0.29) is 30.6 Å². The molecule has 0 N–H and O–H groups in total. The lowest BCUT2D eigenvalue weighted by Gasteiger charge is -2.30. The topological polar surface area (TPSA) is 59.4 Å². The highest BCUT2D eigenvalue weighted by atomic mass is 16.2. The molecule has 0 bridgehead atoms. The molecule has 2 amide bonds. The molecule has 5 heteroatoms. The summed E-state index contributed by atoms with van der Waals surface area (Å²) < 4.78 is 2.03. The lowest BCUT2D eigenvalue weighted by atomic mass is 9.73. The molecule has 146 valence electrons. The van der Waals surface area contributed by atoms with Gasteiger partial charge >= 0.3 is 0 Å². The Balaban J connectivity index is 1.58. The van der Waals surface area contributed by atoms with E-state index in [1.54, 1.807) is 0 Å². The van der Waals surface area contributed by atoms with E-state index >= 15 is 0 Å². The number of Topliss-reactive ketones (excluding diaryl/α,β-unsaturated/α-hetero) is 1. The molecular formula is C23H26N2O3. The van der Waals surface area contributed by atoms with Crippen LogP contribution in [0.5, 0.6) is 0 Å². The summed E-state index contributed by atoms with van der Waals surface area (Å²) in [6.07, 6.45) is 4.89. The second-order valence-electron chi connectivity index (χ2n) is 8.18. The van der Waals surface area contributed by atoms with Crippen molar-refractivity contribution in [2.45, 2.75) is 52.4 Å². The van der Waals surface area contributed by atoms with Crippen molar-refractivity contribution in [1.29, 1.82) is 0 Å². The predicted octanol–water partition coefficient (Wildman–Crippen LogP) is 3.99. The molecule has 0 radical (unpaired) electrons. The summed E-state index contributed by atoms with van der Waals surface area (Å²) >= 11 is 0. The van der Waals surface area contributed by atoms with E-state index in [0.717, 1.165) is 49.2 Å². The Labute approximate surface area is 165 Å². The molecule has 2 fully saturated rings. The third-order valence-corrected chi connectivity index (χ3v) is 6.35. The fourth-order valence-electron chi connectivity index (χ4n) is 4.89. The zero-order chi connectivity index (χ0) is 19.9. The number of amides is 2. The molecular weight excluding hydrogens is 352 g/mol. The molecule has 2 aromatic rings. The van der Waals surface area contributed by atoms with Gasteiger partial charge in [0.15, 0.2) is 5.78 Å². The smallest absolute Gasteiger partial charge is 0.236 e. The van der Waals surface area contributed by atoms with Crippen LogP contribution < -0.4 is 0 Å². The lowest BCUT2D eigenvalue weighted by molar-refractivity contribution is -0.141. The van der Waals surface area contributed by atoms with Crippen LogP contribution in [0, 0.1) is 19.3 Å². The van der Waals surface area contributed by atoms with Gasteiger partial charge in [-0.2, -0.15) is 0 Å². The standard InChI is InChI=1S/C23H26N2O3/c1-16-13-19(17(2)25(16)18-9-5-3-6-10-18)20(26)15-24-21(27)14-23(22(24)28)11-7-4-8-12-23/h3,5-6,9-10,13H,4,7-8,11-12,14-15H2,1-2H3. The van der Waals surface area contributed by atoms with Crippen LogP contribution in [0.15, 0.2) is 36.4 Å². The Morgan fingerprint density at radius 1 is 1.04 bits per heavy atom. The summed E-state index contributed by atoms with van der Waals surface area (Å²) in [5.41, 5.74) is 2.81. The van der Waals surface area contributed by atoms with E-state index < -0.39 is 5.41 Å². The number of nitrogens with zero attached hydrogens (tertiary/aromatic N) is 2. The van der Waals surface area contributed by atoms with Gasteiger partial charge in [-0.3, -0.25) is 19.3 Å². The summed E-state index contributed by atoms with van der Waals surface area (Å²) in [6.45, 7) is 3.71. The highest BCUT2D eigenvalue weighted by Gasteiger charge is 2.51. The Hall–Kier alpha value is -2.69. The number of imide groups is 1. The Bertz CT molecular complexity index is 936. The minimum atomic E-state index is -0.545. The van der Waals surface area contributed by atoms with Gasteiger partial charge in [0.1, 0.15) is 0 Å². The van der Waals surface area contributed by atoms with E-state index in [1.165, 1.54) is 4.90 Å². The van der Waals surface area contributed by atoms with Gasteiger partial charge in [0.05, 0.1) is 12.0 Å². The number of hydrogen-bond acceptors (Lipinski definition) is 3. The maximum absolute atomic E-state index is 13.0. The van der Waals surface area contributed by atoms with Crippen molar-refractivity contribution in [1.82, 2.24) is 9.47 Å². The molecule has 1 saturated heterocycles. The number of ketones is 1. The fraction of sp³-hybridized carbons (Fsp3) is 0.435. The average Bonchev–Trinajstić information content (AvgIpc) is 3.11. The van der Waals surface area contributed by atoms with Crippen LogP contribution in [0.4, 0.5) is 0 Å². The van der Waals surface area contributed by atoms with E-state index in [2.05, 4.69) is 0 Å². The van der Waals surface area contributed by atoms with Gasteiger partial charge in [0.2, 0.25) is 11.8 Å². The quantitative estimate of drug-likeness (QED) is 0.597. The molecule has 1 spiro atoms. The molecule has 4 rings (SSSR count). The highest BCUT2D eigenvalue weighted by molar-refractivity contribution is 6.10. The van der Waals surface area contributed by atoms with Crippen molar-refractivity contribution in [3.63, 3.8) is 0 Å². The molecule has 1 aliphatic heterocycles. The fourth-order valence-corrected chi connectivity index (χ4v) is 4.89. The van der Waals surface area contributed by atoms with Gasteiger partial charge in [0, 0.05) is 29.1 Å². The van der Waals surface area contributed by atoms with Gasteiger partial charge in [-0.25, -0.2) is 0 Å². The van der Waals surface area contributed by atoms with Crippen molar-refractivity contribution < 1.29 is 14.4 Å². The van der Waals surface area contributed by atoms with Crippen molar-refractivity contribution >= 4 is 17.6 Å². The summed E-state index contributed by atoms with van der Waals surface area (Å²) in [6, 6.07) is 11.7. The van der Waals surface area contributed by atoms with Crippen LogP contribution in [0.2, 0.25) is 0 Å². The first kappa shape index (κ1) is 18.7. The molecule has 1 aromatic heterocycles. The molecule has 5 nitrogen and oxygen atoms in total. The molecule has 0 unspecified atom stereocenters. The van der Waals surface area contributed by atoms with E-state index in [4.69, 9.17) is 0 Å². The molecule has 1 saturated carbocycles.